The molecule has 0 spiro atoms. The molecule has 0 heterocycles. The van der Waals surface area contributed by atoms with Gasteiger partial charge in [-0.2, -0.15) is 0 Å². The Bertz CT molecular complexity index is 294. The van der Waals surface area contributed by atoms with Crippen molar-refractivity contribution in [2.24, 2.45) is 5.84 Å². The third-order valence-electron chi connectivity index (χ3n) is 2.21. The summed E-state index contributed by atoms with van der Waals surface area (Å²) in [5, 5.41) is 0.726. The van der Waals surface area contributed by atoms with Crippen LogP contribution in [0.5, 0.6) is 0 Å². The van der Waals surface area contributed by atoms with Crippen LogP contribution in [0, 0.1) is 0 Å². The average Bonchev–Trinajstić information content (AvgIpc) is 2.24. The zero-order chi connectivity index (χ0) is 11.1. The third-order valence-corrected chi connectivity index (χ3v) is 2.44. The smallest absolute Gasteiger partial charge is 0.0484 e. The van der Waals surface area contributed by atoms with E-state index in [1.54, 1.807) is 0 Å². The number of halogens is 1. The number of ether oxygens (including phenoxy) is 1. The molecular weight excluding hydrogens is 212 g/mol. The number of hydrogen-bond acceptors (Lipinski definition) is 3. The Balaban J connectivity index is 2.57. The SMILES string of the molecule is CCOCCC(NN)c1cccc(Cl)c1. The molecule has 1 rings (SSSR count). The van der Waals surface area contributed by atoms with Crippen molar-refractivity contribution in [3.63, 3.8) is 0 Å². The van der Waals surface area contributed by atoms with E-state index in [9.17, 15) is 0 Å². The maximum atomic E-state index is 5.91. The quantitative estimate of drug-likeness (QED) is 0.446. The van der Waals surface area contributed by atoms with Gasteiger partial charge in [0.2, 0.25) is 0 Å². The van der Waals surface area contributed by atoms with Crippen molar-refractivity contribution in [3.05, 3.63) is 34.9 Å². The van der Waals surface area contributed by atoms with Gasteiger partial charge < -0.3 is 4.74 Å². The summed E-state index contributed by atoms with van der Waals surface area (Å²) >= 11 is 5.91. The van der Waals surface area contributed by atoms with Gasteiger partial charge in [0.15, 0.2) is 0 Å². The molecule has 0 radical (unpaired) electrons. The van der Waals surface area contributed by atoms with Gasteiger partial charge in [0.05, 0.1) is 0 Å². The molecule has 0 bridgehead atoms. The highest BCUT2D eigenvalue weighted by atomic mass is 35.5. The largest absolute Gasteiger partial charge is 0.382 e. The molecule has 1 atom stereocenters. The van der Waals surface area contributed by atoms with Gasteiger partial charge in [0.1, 0.15) is 0 Å². The van der Waals surface area contributed by atoms with Crippen LogP contribution < -0.4 is 11.3 Å². The van der Waals surface area contributed by atoms with Crippen LogP contribution in [-0.2, 0) is 4.74 Å². The van der Waals surface area contributed by atoms with E-state index in [0.717, 1.165) is 23.6 Å². The molecule has 84 valence electrons. The Labute approximate surface area is 95.5 Å². The molecule has 0 aliphatic carbocycles. The van der Waals surface area contributed by atoms with Gasteiger partial charge in [0, 0.05) is 24.3 Å². The minimum Gasteiger partial charge on any atom is -0.382 e. The molecule has 0 fully saturated rings. The van der Waals surface area contributed by atoms with Gasteiger partial charge >= 0.3 is 0 Å². The molecule has 0 aliphatic rings. The number of nitrogens with one attached hydrogen (secondary N) is 1. The van der Waals surface area contributed by atoms with Gasteiger partial charge in [-0.3, -0.25) is 11.3 Å². The fourth-order valence-corrected chi connectivity index (χ4v) is 1.61. The summed E-state index contributed by atoms with van der Waals surface area (Å²) in [5.74, 6) is 5.49. The van der Waals surface area contributed by atoms with Gasteiger partial charge in [-0.25, -0.2) is 0 Å². The van der Waals surface area contributed by atoms with Crippen LogP contribution in [0.2, 0.25) is 5.02 Å². The fraction of sp³-hybridized carbons (Fsp3) is 0.455. The van der Waals surface area contributed by atoms with E-state index in [2.05, 4.69) is 5.43 Å². The normalized spacial score (nSPS) is 12.7. The van der Waals surface area contributed by atoms with Crippen molar-refractivity contribution < 1.29 is 4.74 Å². The molecule has 3 nitrogen and oxygen atoms in total. The molecule has 4 heteroatoms. The zero-order valence-electron chi connectivity index (χ0n) is 8.87. The van der Waals surface area contributed by atoms with Crippen molar-refractivity contribution in [2.45, 2.75) is 19.4 Å². The van der Waals surface area contributed by atoms with E-state index >= 15 is 0 Å². The molecular formula is C11H17ClN2O. The number of rotatable bonds is 6. The molecule has 0 saturated carbocycles. The number of hydrogen-bond donors (Lipinski definition) is 2. The highest BCUT2D eigenvalue weighted by Gasteiger charge is 2.09. The van der Waals surface area contributed by atoms with Crippen LogP contribution in [0.3, 0.4) is 0 Å². The number of nitrogens with two attached hydrogens (primary N) is 1. The van der Waals surface area contributed by atoms with E-state index < -0.39 is 0 Å². The molecule has 1 unspecified atom stereocenters. The predicted molar refractivity (Wildman–Crippen MR) is 62.6 cm³/mol. The van der Waals surface area contributed by atoms with Crippen LogP contribution in [0.15, 0.2) is 24.3 Å². The van der Waals surface area contributed by atoms with Crippen molar-refractivity contribution in [1.29, 1.82) is 0 Å². The van der Waals surface area contributed by atoms with E-state index in [1.165, 1.54) is 0 Å². The highest BCUT2D eigenvalue weighted by Crippen LogP contribution is 2.19. The molecule has 0 saturated heterocycles. The first-order valence-electron chi connectivity index (χ1n) is 5.07. The van der Waals surface area contributed by atoms with Crippen molar-refractivity contribution in [3.8, 4) is 0 Å². The summed E-state index contributed by atoms with van der Waals surface area (Å²) in [6.07, 6.45) is 0.838. The topological polar surface area (TPSA) is 47.3 Å². The molecule has 0 aliphatic heterocycles. The van der Waals surface area contributed by atoms with E-state index in [1.807, 2.05) is 31.2 Å². The van der Waals surface area contributed by atoms with Gasteiger partial charge in [-0.1, -0.05) is 23.7 Å². The Morgan fingerprint density at radius 2 is 2.33 bits per heavy atom. The van der Waals surface area contributed by atoms with Crippen LogP contribution in [0.1, 0.15) is 24.9 Å². The summed E-state index contributed by atoms with van der Waals surface area (Å²) in [5.41, 5.74) is 3.85. The summed E-state index contributed by atoms with van der Waals surface area (Å²) in [6.45, 7) is 3.40. The highest BCUT2D eigenvalue weighted by molar-refractivity contribution is 6.30. The first kappa shape index (κ1) is 12.5. The average molecular weight is 229 g/mol. The van der Waals surface area contributed by atoms with Crippen LogP contribution >= 0.6 is 11.6 Å². The van der Waals surface area contributed by atoms with Crippen molar-refractivity contribution in [2.75, 3.05) is 13.2 Å². The maximum Gasteiger partial charge on any atom is 0.0484 e. The Morgan fingerprint density at radius 1 is 1.53 bits per heavy atom. The molecule has 3 N–H and O–H groups in total. The third kappa shape index (κ3) is 4.18. The molecule has 1 aromatic rings. The zero-order valence-corrected chi connectivity index (χ0v) is 9.63. The van der Waals surface area contributed by atoms with Crippen molar-refractivity contribution >= 4 is 11.6 Å². The van der Waals surface area contributed by atoms with E-state index in [4.69, 9.17) is 22.2 Å². The lowest BCUT2D eigenvalue weighted by Crippen LogP contribution is -2.29. The number of benzene rings is 1. The molecule has 0 aromatic heterocycles. The minimum absolute atomic E-state index is 0.0928. The first-order valence-corrected chi connectivity index (χ1v) is 5.45. The van der Waals surface area contributed by atoms with Gasteiger partial charge in [-0.15, -0.1) is 0 Å². The molecule has 1 aromatic carbocycles. The number of hydrazine groups is 1. The lowest BCUT2D eigenvalue weighted by atomic mass is 10.1. The van der Waals surface area contributed by atoms with Gasteiger partial charge in [-0.05, 0) is 31.0 Å². The Hall–Kier alpha value is -0.610. The summed E-state index contributed by atoms with van der Waals surface area (Å²) in [4.78, 5) is 0. The predicted octanol–water partition coefficient (Wildman–Crippen LogP) is 2.27. The van der Waals surface area contributed by atoms with E-state index in [0.29, 0.717) is 6.61 Å². The standard InChI is InChI=1S/C11H17ClN2O/c1-2-15-7-6-11(14-13)9-4-3-5-10(12)8-9/h3-5,8,11,14H,2,6-7,13H2,1H3. The lowest BCUT2D eigenvalue weighted by molar-refractivity contribution is 0.136. The van der Waals surface area contributed by atoms with Crippen LogP contribution in [-0.4, -0.2) is 13.2 Å². The lowest BCUT2D eigenvalue weighted by Gasteiger charge is -2.16. The monoisotopic (exact) mass is 228 g/mol. The maximum absolute atomic E-state index is 5.91. The molecule has 0 amide bonds. The van der Waals surface area contributed by atoms with Crippen LogP contribution in [0.4, 0.5) is 0 Å². The van der Waals surface area contributed by atoms with Gasteiger partial charge in [0.25, 0.3) is 0 Å². The molecule has 15 heavy (non-hydrogen) atoms. The second kappa shape index (κ2) is 6.80. The summed E-state index contributed by atoms with van der Waals surface area (Å²) < 4.78 is 5.29. The first-order chi connectivity index (χ1) is 7.27. The summed E-state index contributed by atoms with van der Waals surface area (Å²) in [7, 11) is 0. The second-order valence-electron chi connectivity index (χ2n) is 3.26. The Morgan fingerprint density at radius 3 is 2.93 bits per heavy atom. The van der Waals surface area contributed by atoms with Crippen LogP contribution in [0.25, 0.3) is 0 Å². The minimum atomic E-state index is 0.0928. The van der Waals surface area contributed by atoms with E-state index in [-0.39, 0.29) is 6.04 Å². The Kier molecular flexibility index (Phi) is 5.65. The summed E-state index contributed by atoms with van der Waals surface area (Å²) in [6, 6.07) is 7.78. The van der Waals surface area contributed by atoms with Crippen molar-refractivity contribution in [1.82, 2.24) is 5.43 Å². The second-order valence-corrected chi connectivity index (χ2v) is 3.70. The fourth-order valence-electron chi connectivity index (χ4n) is 1.42.